The highest BCUT2D eigenvalue weighted by Gasteiger charge is 2.11. The number of carbonyl (C=O) groups is 1. The van der Waals surface area contributed by atoms with E-state index in [1.807, 2.05) is 31.2 Å². The Morgan fingerprint density at radius 1 is 1.40 bits per heavy atom. The molecule has 0 radical (unpaired) electrons. The van der Waals surface area contributed by atoms with Gasteiger partial charge >= 0.3 is 0 Å². The SMILES string of the molecule is COc1ccc(CCC(=O)NC(C)c2ncn[nH]2)cc1. The standard InChI is InChI=1S/C14H18N4O2/c1-10(14-15-9-16-18-14)17-13(19)8-5-11-3-6-12(20-2)7-4-11/h3-4,6-7,9-10H,5,8H2,1-2H3,(H,17,19)(H,15,16,18). The average Bonchev–Trinajstić information content (AvgIpc) is 3.00. The van der Waals surface area contributed by atoms with E-state index in [1.54, 1.807) is 7.11 Å². The van der Waals surface area contributed by atoms with Crippen molar-refractivity contribution >= 4 is 5.91 Å². The number of rotatable bonds is 6. The van der Waals surface area contributed by atoms with Gasteiger partial charge in [0, 0.05) is 6.42 Å². The maximum atomic E-state index is 11.8. The van der Waals surface area contributed by atoms with E-state index in [-0.39, 0.29) is 11.9 Å². The summed E-state index contributed by atoms with van der Waals surface area (Å²) in [6.07, 6.45) is 2.55. The molecule has 0 saturated carbocycles. The zero-order chi connectivity index (χ0) is 14.4. The van der Waals surface area contributed by atoms with Crippen molar-refractivity contribution in [1.82, 2.24) is 20.5 Å². The molecule has 0 bridgehead atoms. The topological polar surface area (TPSA) is 79.9 Å². The van der Waals surface area contributed by atoms with E-state index in [0.29, 0.717) is 18.7 Å². The second-order valence-corrected chi connectivity index (χ2v) is 4.51. The molecule has 0 aliphatic heterocycles. The number of benzene rings is 1. The largest absolute Gasteiger partial charge is 0.497 e. The second kappa shape index (κ2) is 6.70. The van der Waals surface area contributed by atoms with Crippen LogP contribution in [-0.4, -0.2) is 28.2 Å². The van der Waals surface area contributed by atoms with Crippen molar-refractivity contribution in [2.75, 3.05) is 7.11 Å². The summed E-state index contributed by atoms with van der Waals surface area (Å²) >= 11 is 0. The van der Waals surface area contributed by atoms with Gasteiger partial charge in [-0.1, -0.05) is 12.1 Å². The molecule has 0 aliphatic rings. The van der Waals surface area contributed by atoms with Crippen LogP contribution in [0, 0.1) is 0 Å². The Morgan fingerprint density at radius 3 is 2.75 bits per heavy atom. The molecule has 0 spiro atoms. The number of nitrogens with zero attached hydrogens (tertiary/aromatic N) is 2. The van der Waals surface area contributed by atoms with Gasteiger partial charge in [0.05, 0.1) is 13.2 Å². The van der Waals surface area contributed by atoms with E-state index in [4.69, 9.17) is 4.74 Å². The molecule has 0 fully saturated rings. The van der Waals surface area contributed by atoms with Crippen molar-refractivity contribution in [3.8, 4) is 5.75 Å². The van der Waals surface area contributed by atoms with Gasteiger partial charge in [-0.15, -0.1) is 0 Å². The molecule has 2 N–H and O–H groups in total. The normalized spacial score (nSPS) is 11.9. The summed E-state index contributed by atoms with van der Waals surface area (Å²) in [4.78, 5) is 15.9. The third-order valence-electron chi connectivity index (χ3n) is 3.02. The summed E-state index contributed by atoms with van der Waals surface area (Å²) < 4.78 is 5.09. The highest BCUT2D eigenvalue weighted by molar-refractivity contribution is 5.76. The molecule has 2 aromatic rings. The van der Waals surface area contributed by atoms with Crippen molar-refractivity contribution in [2.24, 2.45) is 0 Å². The summed E-state index contributed by atoms with van der Waals surface area (Å²) in [5.41, 5.74) is 1.10. The minimum absolute atomic E-state index is 0.00952. The van der Waals surface area contributed by atoms with Crippen LogP contribution in [0.2, 0.25) is 0 Å². The molecule has 1 aromatic heterocycles. The van der Waals surface area contributed by atoms with Gasteiger partial charge in [0.2, 0.25) is 5.91 Å². The van der Waals surface area contributed by atoms with E-state index >= 15 is 0 Å². The smallest absolute Gasteiger partial charge is 0.220 e. The average molecular weight is 274 g/mol. The number of H-pyrrole nitrogens is 1. The van der Waals surface area contributed by atoms with Crippen LogP contribution in [0.1, 0.15) is 30.8 Å². The zero-order valence-corrected chi connectivity index (χ0v) is 11.6. The lowest BCUT2D eigenvalue weighted by Gasteiger charge is -2.11. The molecule has 1 heterocycles. The molecule has 1 unspecified atom stereocenters. The molecule has 20 heavy (non-hydrogen) atoms. The molecular formula is C14H18N4O2. The number of hydrogen-bond donors (Lipinski definition) is 2. The number of aromatic nitrogens is 3. The van der Waals surface area contributed by atoms with E-state index < -0.39 is 0 Å². The Balaban J connectivity index is 1.79. The zero-order valence-electron chi connectivity index (χ0n) is 11.6. The van der Waals surface area contributed by atoms with Crippen molar-refractivity contribution < 1.29 is 9.53 Å². The van der Waals surface area contributed by atoms with Crippen molar-refractivity contribution in [3.05, 3.63) is 42.0 Å². The van der Waals surface area contributed by atoms with Gasteiger partial charge in [-0.05, 0) is 31.0 Å². The Labute approximate surface area is 117 Å². The second-order valence-electron chi connectivity index (χ2n) is 4.51. The molecule has 106 valence electrons. The van der Waals surface area contributed by atoms with Crippen LogP contribution in [0.4, 0.5) is 0 Å². The molecule has 1 atom stereocenters. The highest BCUT2D eigenvalue weighted by atomic mass is 16.5. The van der Waals surface area contributed by atoms with E-state index in [9.17, 15) is 4.79 Å². The van der Waals surface area contributed by atoms with Crippen LogP contribution in [0.25, 0.3) is 0 Å². The van der Waals surface area contributed by atoms with Gasteiger partial charge in [-0.3, -0.25) is 9.89 Å². The van der Waals surface area contributed by atoms with E-state index in [1.165, 1.54) is 6.33 Å². The molecular weight excluding hydrogens is 256 g/mol. The Morgan fingerprint density at radius 2 is 2.15 bits per heavy atom. The quantitative estimate of drug-likeness (QED) is 0.839. The summed E-state index contributed by atoms with van der Waals surface area (Å²) in [7, 11) is 1.63. The molecule has 0 saturated heterocycles. The number of hydrogen-bond acceptors (Lipinski definition) is 4. The lowest BCUT2D eigenvalue weighted by Crippen LogP contribution is -2.27. The molecule has 6 nitrogen and oxygen atoms in total. The van der Waals surface area contributed by atoms with Crippen LogP contribution in [0.5, 0.6) is 5.75 Å². The molecule has 6 heteroatoms. The molecule has 0 aliphatic carbocycles. The van der Waals surface area contributed by atoms with Gasteiger partial charge in [-0.25, -0.2) is 4.98 Å². The van der Waals surface area contributed by atoms with Crippen LogP contribution in [0.15, 0.2) is 30.6 Å². The summed E-state index contributed by atoms with van der Waals surface area (Å²) in [6, 6.07) is 7.55. The predicted molar refractivity (Wildman–Crippen MR) is 74.3 cm³/mol. The first-order valence-electron chi connectivity index (χ1n) is 6.46. The third kappa shape index (κ3) is 3.81. The summed E-state index contributed by atoms with van der Waals surface area (Å²) in [5, 5.41) is 9.38. The number of amides is 1. The van der Waals surface area contributed by atoms with Gasteiger partial charge in [0.1, 0.15) is 17.9 Å². The monoisotopic (exact) mass is 274 g/mol. The van der Waals surface area contributed by atoms with E-state index in [2.05, 4.69) is 20.5 Å². The van der Waals surface area contributed by atoms with Crippen molar-refractivity contribution in [3.63, 3.8) is 0 Å². The fourth-order valence-electron chi connectivity index (χ4n) is 1.86. The highest BCUT2D eigenvalue weighted by Crippen LogP contribution is 2.13. The third-order valence-corrected chi connectivity index (χ3v) is 3.02. The fraction of sp³-hybridized carbons (Fsp3) is 0.357. The first-order chi connectivity index (χ1) is 9.69. The van der Waals surface area contributed by atoms with Crippen LogP contribution < -0.4 is 10.1 Å². The number of aryl methyl sites for hydroxylation is 1. The summed E-state index contributed by atoms with van der Waals surface area (Å²) in [6.45, 7) is 1.87. The predicted octanol–water partition coefficient (Wildman–Crippen LogP) is 1.62. The maximum absolute atomic E-state index is 11.8. The Hall–Kier alpha value is -2.37. The number of ether oxygens (including phenoxy) is 1. The van der Waals surface area contributed by atoms with Crippen LogP contribution in [0.3, 0.4) is 0 Å². The Kier molecular flexibility index (Phi) is 4.70. The lowest BCUT2D eigenvalue weighted by atomic mass is 10.1. The summed E-state index contributed by atoms with van der Waals surface area (Å²) in [5.74, 6) is 1.46. The number of aromatic amines is 1. The van der Waals surface area contributed by atoms with Crippen molar-refractivity contribution in [2.45, 2.75) is 25.8 Å². The first-order valence-corrected chi connectivity index (χ1v) is 6.46. The van der Waals surface area contributed by atoms with Gasteiger partial charge in [0.25, 0.3) is 0 Å². The van der Waals surface area contributed by atoms with Crippen LogP contribution >= 0.6 is 0 Å². The number of methoxy groups -OCH3 is 1. The van der Waals surface area contributed by atoms with Gasteiger partial charge in [-0.2, -0.15) is 5.10 Å². The lowest BCUT2D eigenvalue weighted by molar-refractivity contribution is -0.121. The van der Waals surface area contributed by atoms with Crippen LogP contribution in [-0.2, 0) is 11.2 Å². The van der Waals surface area contributed by atoms with Gasteiger partial charge < -0.3 is 10.1 Å². The first kappa shape index (κ1) is 14.0. The van der Waals surface area contributed by atoms with Crippen molar-refractivity contribution in [1.29, 1.82) is 0 Å². The molecule has 1 aromatic carbocycles. The minimum Gasteiger partial charge on any atom is -0.497 e. The number of carbonyl (C=O) groups excluding carboxylic acids is 1. The maximum Gasteiger partial charge on any atom is 0.220 e. The fourth-order valence-corrected chi connectivity index (χ4v) is 1.86. The number of nitrogens with one attached hydrogen (secondary N) is 2. The Bertz CT molecular complexity index is 537. The molecule has 1 amide bonds. The van der Waals surface area contributed by atoms with E-state index in [0.717, 1.165) is 11.3 Å². The van der Waals surface area contributed by atoms with Gasteiger partial charge in [0.15, 0.2) is 0 Å². The molecule has 2 rings (SSSR count). The minimum atomic E-state index is -0.166.